The summed E-state index contributed by atoms with van der Waals surface area (Å²) in [6, 6.07) is 21.2. The SMILES string of the molecule is c1ccc2c(c1)CCC2N(Cc1ccc(-n2cccn2)cc1)C1CC1. The van der Waals surface area contributed by atoms with E-state index in [9.17, 15) is 0 Å². The molecule has 2 aliphatic rings. The standard InChI is InChI=1S/C22H23N3/c1-2-5-21-18(4-1)8-13-22(21)24(19-11-12-19)16-17-6-9-20(10-7-17)25-15-3-14-23-25/h1-7,9-10,14-15,19,22H,8,11-13,16H2. The van der Waals surface area contributed by atoms with Crippen LogP contribution in [0.3, 0.4) is 0 Å². The van der Waals surface area contributed by atoms with E-state index in [1.165, 1.54) is 31.2 Å². The Kier molecular flexibility index (Phi) is 3.67. The first kappa shape index (κ1) is 14.9. The fraction of sp³-hybridized carbons (Fsp3) is 0.318. The van der Waals surface area contributed by atoms with Crippen LogP contribution in [-0.4, -0.2) is 20.7 Å². The van der Waals surface area contributed by atoms with Crippen molar-refractivity contribution in [1.82, 2.24) is 14.7 Å². The molecule has 0 N–H and O–H groups in total. The molecule has 3 nitrogen and oxygen atoms in total. The summed E-state index contributed by atoms with van der Waals surface area (Å²) in [4.78, 5) is 2.74. The second-order valence-corrected chi connectivity index (χ2v) is 7.27. The predicted molar refractivity (Wildman–Crippen MR) is 99.6 cm³/mol. The number of fused-ring (bicyclic) bond motifs is 1. The molecular formula is C22H23N3. The molecule has 3 aromatic rings. The molecule has 0 bridgehead atoms. The first-order valence-electron chi connectivity index (χ1n) is 9.31. The van der Waals surface area contributed by atoms with Crippen molar-refractivity contribution in [3.05, 3.63) is 83.7 Å². The lowest BCUT2D eigenvalue weighted by Gasteiger charge is -2.30. The second-order valence-electron chi connectivity index (χ2n) is 7.27. The molecule has 0 aliphatic heterocycles. The van der Waals surface area contributed by atoms with E-state index in [1.807, 2.05) is 23.1 Å². The molecule has 1 fully saturated rings. The zero-order chi connectivity index (χ0) is 16.6. The van der Waals surface area contributed by atoms with Crippen molar-refractivity contribution in [2.45, 2.75) is 44.3 Å². The minimum atomic E-state index is 0.592. The zero-order valence-electron chi connectivity index (χ0n) is 14.4. The summed E-state index contributed by atoms with van der Waals surface area (Å²) < 4.78 is 1.91. The Balaban J connectivity index is 1.38. The average molecular weight is 329 g/mol. The van der Waals surface area contributed by atoms with Crippen molar-refractivity contribution in [2.24, 2.45) is 0 Å². The summed E-state index contributed by atoms with van der Waals surface area (Å²) in [5, 5.41) is 4.31. The quantitative estimate of drug-likeness (QED) is 0.686. The Morgan fingerprint density at radius 1 is 0.960 bits per heavy atom. The number of benzene rings is 2. The van der Waals surface area contributed by atoms with Gasteiger partial charge in [0.2, 0.25) is 0 Å². The van der Waals surface area contributed by atoms with E-state index in [1.54, 1.807) is 11.1 Å². The third-order valence-corrected chi connectivity index (χ3v) is 5.59. The Morgan fingerprint density at radius 2 is 1.80 bits per heavy atom. The van der Waals surface area contributed by atoms with E-state index in [-0.39, 0.29) is 0 Å². The summed E-state index contributed by atoms with van der Waals surface area (Å²) in [7, 11) is 0. The van der Waals surface area contributed by atoms with Crippen LogP contribution < -0.4 is 0 Å². The molecule has 1 heterocycles. The van der Waals surface area contributed by atoms with E-state index in [4.69, 9.17) is 0 Å². The van der Waals surface area contributed by atoms with Crippen molar-refractivity contribution < 1.29 is 0 Å². The van der Waals surface area contributed by atoms with Crippen LogP contribution in [0.4, 0.5) is 0 Å². The lowest BCUT2D eigenvalue weighted by Crippen LogP contribution is -2.29. The van der Waals surface area contributed by atoms with Crippen LogP contribution >= 0.6 is 0 Å². The van der Waals surface area contributed by atoms with Crippen molar-refractivity contribution >= 4 is 0 Å². The number of nitrogens with zero attached hydrogens (tertiary/aromatic N) is 3. The van der Waals surface area contributed by atoms with Crippen LogP contribution in [0.5, 0.6) is 0 Å². The largest absolute Gasteiger partial charge is 0.289 e. The third-order valence-electron chi connectivity index (χ3n) is 5.59. The highest BCUT2D eigenvalue weighted by Crippen LogP contribution is 2.42. The maximum absolute atomic E-state index is 4.31. The molecule has 0 saturated heterocycles. The number of rotatable bonds is 5. The van der Waals surface area contributed by atoms with Crippen LogP contribution in [0, 0.1) is 0 Å². The van der Waals surface area contributed by atoms with Gasteiger partial charge in [-0.25, -0.2) is 4.68 Å². The Bertz CT molecular complexity index is 847. The zero-order valence-corrected chi connectivity index (χ0v) is 14.4. The van der Waals surface area contributed by atoms with E-state index in [0.29, 0.717) is 6.04 Å². The summed E-state index contributed by atoms with van der Waals surface area (Å²) in [6.07, 6.45) is 9.00. The van der Waals surface area contributed by atoms with Gasteiger partial charge < -0.3 is 0 Å². The maximum Gasteiger partial charge on any atom is 0.0645 e. The molecular weight excluding hydrogens is 306 g/mol. The first-order chi connectivity index (χ1) is 12.4. The van der Waals surface area contributed by atoms with Crippen LogP contribution in [0.25, 0.3) is 5.69 Å². The molecule has 1 unspecified atom stereocenters. The van der Waals surface area contributed by atoms with Gasteiger partial charge >= 0.3 is 0 Å². The first-order valence-corrected chi connectivity index (χ1v) is 9.31. The molecule has 1 atom stereocenters. The third kappa shape index (κ3) is 2.89. The van der Waals surface area contributed by atoms with Gasteiger partial charge in [0.15, 0.2) is 0 Å². The van der Waals surface area contributed by atoms with Crippen LogP contribution in [0.1, 0.15) is 42.0 Å². The fourth-order valence-electron chi connectivity index (χ4n) is 4.17. The predicted octanol–water partition coefficient (Wildman–Crippen LogP) is 4.52. The molecule has 1 saturated carbocycles. The van der Waals surface area contributed by atoms with Gasteiger partial charge in [-0.05, 0) is 60.6 Å². The molecule has 2 aromatic carbocycles. The number of hydrogen-bond acceptors (Lipinski definition) is 2. The van der Waals surface area contributed by atoms with E-state index < -0.39 is 0 Å². The Labute approximate surface area is 148 Å². The minimum absolute atomic E-state index is 0.592. The molecule has 5 rings (SSSR count). The molecule has 1 aromatic heterocycles. The van der Waals surface area contributed by atoms with Gasteiger partial charge in [-0.1, -0.05) is 36.4 Å². The molecule has 3 heteroatoms. The van der Waals surface area contributed by atoms with Crippen molar-refractivity contribution in [1.29, 1.82) is 0 Å². The topological polar surface area (TPSA) is 21.1 Å². The van der Waals surface area contributed by atoms with E-state index in [2.05, 4.69) is 58.5 Å². The highest BCUT2D eigenvalue weighted by Gasteiger charge is 2.37. The van der Waals surface area contributed by atoms with Gasteiger partial charge in [-0.15, -0.1) is 0 Å². The summed E-state index contributed by atoms with van der Waals surface area (Å²) in [5.74, 6) is 0. The summed E-state index contributed by atoms with van der Waals surface area (Å²) in [5.41, 5.74) is 5.62. The second kappa shape index (κ2) is 6.16. The van der Waals surface area contributed by atoms with Gasteiger partial charge in [0.05, 0.1) is 5.69 Å². The lowest BCUT2D eigenvalue weighted by atomic mass is 10.1. The molecule has 0 spiro atoms. The minimum Gasteiger partial charge on any atom is -0.289 e. The Morgan fingerprint density at radius 3 is 2.56 bits per heavy atom. The van der Waals surface area contributed by atoms with Gasteiger partial charge in [0.25, 0.3) is 0 Å². The molecule has 126 valence electrons. The average Bonchev–Trinajstić information content (AvgIpc) is 3.18. The monoisotopic (exact) mass is 329 g/mol. The molecule has 0 amide bonds. The number of aryl methyl sites for hydroxylation is 1. The maximum atomic E-state index is 4.31. The molecule has 0 radical (unpaired) electrons. The van der Waals surface area contributed by atoms with Gasteiger partial charge in [0, 0.05) is 31.0 Å². The van der Waals surface area contributed by atoms with Crippen molar-refractivity contribution in [3.63, 3.8) is 0 Å². The Hall–Kier alpha value is -2.39. The highest BCUT2D eigenvalue weighted by molar-refractivity contribution is 5.36. The molecule has 25 heavy (non-hydrogen) atoms. The van der Waals surface area contributed by atoms with Crippen molar-refractivity contribution in [2.75, 3.05) is 0 Å². The fourth-order valence-corrected chi connectivity index (χ4v) is 4.17. The smallest absolute Gasteiger partial charge is 0.0645 e. The van der Waals surface area contributed by atoms with Gasteiger partial charge in [-0.2, -0.15) is 5.10 Å². The van der Waals surface area contributed by atoms with E-state index >= 15 is 0 Å². The highest BCUT2D eigenvalue weighted by atomic mass is 15.3. The summed E-state index contributed by atoms with van der Waals surface area (Å²) >= 11 is 0. The molecule has 2 aliphatic carbocycles. The van der Waals surface area contributed by atoms with Gasteiger partial charge in [0.1, 0.15) is 0 Å². The van der Waals surface area contributed by atoms with Crippen LogP contribution in [0.15, 0.2) is 67.0 Å². The van der Waals surface area contributed by atoms with Crippen LogP contribution in [-0.2, 0) is 13.0 Å². The van der Waals surface area contributed by atoms with Crippen molar-refractivity contribution in [3.8, 4) is 5.69 Å². The normalized spacial score (nSPS) is 19.3. The number of aromatic nitrogens is 2. The summed E-state index contributed by atoms with van der Waals surface area (Å²) in [6.45, 7) is 1.04. The lowest BCUT2D eigenvalue weighted by molar-refractivity contribution is 0.177. The number of hydrogen-bond donors (Lipinski definition) is 0. The van der Waals surface area contributed by atoms with Crippen LogP contribution in [0.2, 0.25) is 0 Å². The van der Waals surface area contributed by atoms with Gasteiger partial charge in [-0.3, -0.25) is 4.90 Å². The van der Waals surface area contributed by atoms with E-state index in [0.717, 1.165) is 18.3 Å².